The molecule has 0 N–H and O–H groups in total. The molecule has 0 saturated heterocycles. The van der Waals surface area contributed by atoms with Gasteiger partial charge in [-0.2, -0.15) is 0 Å². The third-order valence-corrected chi connectivity index (χ3v) is 10.0. The Hall–Kier alpha value is -3.40. The number of benzene rings is 3. The lowest BCUT2D eigenvalue weighted by Gasteiger charge is -2.28. The van der Waals surface area contributed by atoms with Crippen LogP contribution in [-0.4, -0.2) is 37.1 Å². The fourth-order valence-electron chi connectivity index (χ4n) is 8.11. The Balaban J connectivity index is 1.15. The summed E-state index contributed by atoms with van der Waals surface area (Å²) in [6.45, 7) is 1.30. The van der Waals surface area contributed by atoms with E-state index in [-0.39, 0.29) is 12.1 Å². The summed E-state index contributed by atoms with van der Waals surface area (Å²) in [5.41, 5.74) is 8.21. The van der Waals surface area contributed by atoms with Crippen LogP contribution in [0.1, 0.15) is 70.9 Å². The maximum absolute atomic E-state index is 6.59. The number of hydrogen-bond acceptors (Lipinski definition) is 4. The van der Waals surface area contributed by atoms with Gasteiger partial charge < -0.3 is 9.47 Å². The van der Waals surface area contributed by atoms with Crippen molar-refractivity contribution in [1.29, 1.82) is 0 Å². The number of nitrogens with zero attached hydrogens (tertiary/aromatic N) is 2. The van der Waals surface area contributed by atoms with Crippen LogP contribution in [0.4, 0.5) is 0 Å². The lowest BCUT2D eigenvalue weighted by Crippen LogP contribution is -2.41. The van der Waals surface area contributed by atoms with Gasteiger partial charge in [0.05, 0.1) is 12.1 Å². The van der Waals surface area contributed by atoms with Gasteiger partial charge >= 0.3 is 0 Å². The molecule has 0 saturated carbocycles. The molecule has 0 radical (unpaired) electrons. The van der Waals surface area contributed by atoms with E-state index < -0.39 is 5.41 Å². The molecule has 198 valence electrons. The van der Waals surface area contributed by atoms with Gasteiger partial charge in [-0.15, -0.1) is 0 Å². The highest BCUT2D eigenvalue weighted by atomic mass is 16.5. The van der Waals surface area contributed by atoms with Crippen molar-refractivity contribution in [3.05, 3.63) is 106 Å². The molecule has 8 rings (SSSR count). The molecular formula is C35H36N2O2. The van der Waals surface area contributed by atoms with Crippen LogP contribution in [0.2, 0.25) is 0 Å². The van der Waals surface area contributed by atoms with E-state index in [1.807, 2.05) is 0 Å². The van der Waals surface area contributed by atoms with Gasteiger partial charge in [0, 0.05) is 11.8 Å². The summed E-state index contributed by atoms with van der Waals surface area (Å²) in [5.74, 6) is 2.56. The summed E-state index contributed by atoms with van der Waals surface area (Å²) < 4.78 is 13.2. The molecule has 3 aliphatic carbocycles. The predicted octanol–water partition coefficient (Wildman–Crippen LogP) is 6.61. The van der Waals surface area contributed by atoms with Crippen LogP contribution in [0.5, 0.6) is 0 Å². The topological polar surface area (TPSA) is 43.2 Å². The van der Waals surface area contributed by atoms with E-state index in [4.69, 9.17) is 19.5 Å². The van der Waals surface area contributed by atoms with Crippen molar-refractivity contribution in [2.75, 3.05) is 13.2 Å². The van der Waals surface area contributed by atoms with E-state index in [0.29, 0.717) is 25.0 Å². The SMILES string of the molecule is c1ccc2c(c1)CC(C1=N[C@@H](C3CCCc4ccccc43)CO1)(C1=N[C@@H](C3CCCc4ccccc43)CO1)C2. The zero-order valence-corrected chi connectivity index (χ0v) is 22.5. The normalized spacial score (nSPS) is 28.4. The molecule has 2 aliphatic heterocycles. The molecule has 3 aromatic rings. The Bertz CT molecular complexity index is 1360. The molecule has 2 heterocycles. The van der Waals surface area contributed by atoms with Gasteiger partial charge in [-0.3, -0.25) is 0 Å². The average molecular weight is 517 g/mol. The predicted molar refractivity (Wildman–Crippen MR) is 155 cm³/mol. The second-order valence-corrected chi connectivity index (χ2v) is 12.2. The summed E-state index contributed by atoms with van der Waals surface area (Å²) in [7, 11) is 0. The van der Waals surface area contributed by atoms with Gasteiger partial charge in [0.2, 0.25) is 0 Å². The minimum atomic E-state index is -0.435. The Kier molecular flexibility index (Phi) is 5.64. The van der Waals surface area contributed by atoms with E-state index in [1.165, 1.54) is 71.9 Å². The molecule has 39 heavy (non-hydrogen) atoms. The zero-order chi connectivity index (χ0) is 25.8. The zero-order valence-electron chi connectivity index (χ0n) is 22.5. The highest BCUT2D eigenvalue weighted by molar-refractivity contribution is 6.07. The van der Waals surface area contributed by atoms with Crippen molar-refractivity contribution in [3.63, 3.8) is 0 Å². The van der Waals surface area contributed by atoms with Gasteiger partial charge in [0.25, 0.3) is 0 Å². The summed E-state index contributed by atoms with van der Waals surface area (Å²) >= 11 is 0. The second kappa shape index (κ2) is 9.36. The Morgan fingerprint density at radius 3 is 1.49 bits per heavy atom. The average Bonchev–Trinajstić information content (AvgIpc) is 3.76. The highest BCUT2D eigenvalue weighted by Gasteiger charge is 2.53. The third kappa shape index (κ3) is 3.86. The minimum Gasteiger partial charge on any atom is -0.478 e. The van der Waals surface area contributed by atoms with Crippen molar-refractivity contribution in [3.8, 4) is 0 Å². The molecule has 4 atom stereocenters. The van der Waals surface area contributed by atoms with E-state index >= 15 is 0 Å². The maximum Gasteiger partial charge on any atom is 0.200 e. The second-order valence-electron chi connectivity index (χ2n) is 12.2. The fraction of sp³-hybridized carbons (Fsp3) is 0.429. The van der Waals surface area contributed by atoms with Crippen molar-refractivity contribution >= 4 is 11.8 Å². The van der Waals surface area contributed by atoms with E-state index in [0.717, 1.165) is 24.6 Å². The van der Waals surface area contributed by atoms with Gasteiger partial charge in [-0.25, -0.2) is 9.98 Å². The number of hydrogen-bond donors (Lipinski definition) is 0. The molecular weight excluding hydrogens is 480 g/mol. The molecule has 3 aromatic carbocycles. The summed E-state index contributed by atoms with van der Waals surface area (Å²) in [6, 6.07) is 27.0. The Morgan fingerprint density at radius 2 is 1.00 bits per heavy atom. The standard InChI is InChI=1S/C35H36N2O2/c1-2-12-26-20-35(19-25(26)11-1,33-36-31(21-38-33)29-17-7-13-23-9-3-5-15-27(23)29)34-37-32(22-39-34)30-18-8-14-24-10-4-6-16-28(24)30/h1-6,9-12,15-16,29-32H,7-8,13-14,17-22H2/t29?,30?,31-,32-/m1/s1. The molecule has 0 spiro atoms. The molecule has 4 heteroatoms. The quantitative estimate of drug-likeness (QED) is 0.392. The molecule has 2 unspecified atom stereocenters. The molecule has 4 nitrogen and oxygen atoms in total. The largest absolute Gasteiger partial charge is 0.478 e. The van der Waals surface area contributed by atoms with Crippen LogP contribution in [0.15, 0.2) is 82.8 Å². The maximum atomic E-state index is 6.59. The van der Waals surface area contributed by atoms with Crippen molar-refractivity contribution in [2.45, 2.75) is 75.3 Å². The molecule has 0 amide bonds. The van der Waals surface area contributed by atoms with Crippen LogP contribution >= 0.6 is 0 Å². The van der Waals surface area contributed by atoms with E-state index in [1.54, 1.807) is 0 Å². The molecule has 5 aliphatic rings. The Labute approximate surface area is 231 Å². The van der Waals surface area contributed by atoms with Crippen LogP contribution < -0.4 is 0 Å². The van der Waals surface area contributed by atoms with Crippen LogP contribution in [0.3, 0.4) is 0 Å². The smallest absolute Gasteiger partial charge is 0.200 e. The number of aliphatic imine (C=N–C) groups is 2. The van der Waals surface area contributed by atoms with Gasteiger partial charge in [-0.05, 0) is 84.7 Å². The van der Waals surface area contributed by atoms with Gasteiger partial charge in [0.1, 0.15) is 18.6 Å². The van der Waals surface area contributed by atoms with Crippen molar-refractivity contribution in [1.82, 2.24) is 0 Å². The summed E-state index contributed by atoms with van der Waals surface area (Å²) in [4.78, 5) is 10.8. The number of fused-ring (bicyclic) bond motifs is 3. The first-order valence-corrected chi connectivity index (χ1v) is 14.9. The van der Waals surface area contributed by atoms with Crippen LogP contribution in [0, 0.1) is 5.41 Å². The lowest BCUT2D eigenvalue weighted by molar-refractivity contribution is 0.242. The van der Waals surface area contributed by atoms with Crippen molar-refractivity contribution in [2.24, 2.45) is 15.4 Å². The monoisotopic (exact) mass is 516 g/mol. The lowest BCUT2D eigenvalue weighted by atomic mass is 9.79. The number of aryl methyl sites for hydroxylation is 2. The number of ether oxygens (including phenoxy) is 2. The highest BCUT2D eigenvalue weighted by Crippen LogP contribution is 2.46. The first kappa shape index (κ1) is 23.5. The minimum absolute atomic E-state index is 0.157. The fourth-order valence-corrected chi connectivity index (χ4v) is 8.11. The molecule has 0 aromatic heterocycles. The van der Waals surface area contributed by atoms with Gasteiger partial charge in [-0.1, -0.05) is 72.8 Å². The van der Waals surface area contributed by atoms with Gasteiger partial charge in [0.15, 0.2) is 11.8 Å². The summed E-state index contributed by atoms with van der Waals surface area (Å²) in [6.07, 6.45) is 8.84. The van der Waals surface area contributed by atoms with E-state index in [9.17, 15) is 0 Å². The third-order valence-electron chi connectivity index (χ3n) is 10.0. The van der Waals surface area contributed by atoms with E-state index in [2.05, 4.69) is 72.8 Å². The number of rotatable bonds is 4. The van der Waals surface area contributed by atoms with Crippen molar-refractivity contribution < 1.29 is 9.47 Å². The first-order chi connectivity index (χ1) is 19.3. The van der Waals surface area contributed by atoms with Crippen LogP contribution in [-0.2, 0) is 35.2 Å². The summed E-state index contributed by atoms with van der Waals surface area (Å²) in [5, 5.41) is 0. The molecule has 0 bridgehead atoms. The van der Waals surface area contributed by atoms with Crippen LogP contribution in [0.25, 0.3) is 0 Å². The first-order valence-electron chi connectivity index (χ1n) is 14.9. The molecule has 0 fully saturated rings. The Morgan fingerprint density at radius 1 is 0.564 bits per heavy atom.